The Morgan fingerprint density at radius 2 is 1.92 bits per heavy atom. The number of aliphatic imine (C=N–C) groups is 1. The Morgan fingerprint density at radius 3 is 2.29 bits per heavy atom. The first-order valence-electron chi connectivity index (χ1n) is 7.09. The van der Waals surface area contributed by atoms with Crippen LogP contribution in [0.15, 0.2) is 16.4 Å². The summed E-state index contributed by atoms with van der Waals surface area (Å²) in [5.41, 5.74) is 10.8. The highest BCUT2D eigenvalue weighted by atomic mass is 31.2. The van der Waals surface area contributed by atoms with Crippen LogP contribution in [0, 0.1) is 11.8 Å². The molecule has 1 amide bonds. The molecule has 3 atom stereocenters. The number of amides is 1. The second-order valence-electron chi connectivity index (χ2n) is 5.89. The SMILES string of the molecule is CC(=O)N[C@@H](C(C)C)[C@H]1CC=C(P(=O)([O-])[O-])C[C@@H]1N=C(N)N.[NH4+].[NH4+]. The minimum absolute atomic E-state index is 0. The Balaban J connectivity index is 0. The van der Waals surface area contributed by atoms with Gasteiger partial charge in [0, 0.05) is 18.9 Å². The molecule has 0 aromatic rings. The molecule has 0 saturated carbocycles. The van der Waals surface area contributed by atoms with E-state index >= 15 is 0 Å². The number of rotatable bonds is 5. The number of nitrogens with two attached hydrogens (primary N) is 2. The molecular formula is C13H31N6O4P. The fraction of sp³-hybridized carbons (Fsp3) is 0.692. The topological polar surface area (TPSA) is 230 Å². The highest BCUT2D eigenvalue weighted by Gasteiger charge is 2.35. The molecule has 1 rings (SSSR count). The molecule has 0 unspecified atom stereocenters. The van der Waals surface area contributed by atoms with Gasteiger partial charge in [0.15, 0.2) is 5.96 Å². The zero-order chi connectivity index (χ0) is 17.1. The predicted molar refractivity (Wildman–Crippen MR) is 92.4 cm³/mol. The number of hydrogen-bond donors (Lipinski definition) is 5. The summed E-state index contributed by atoms with van der Waals surface area (Å²) in [6.45, 7) is 5.30. The average molecular weight is 366 g/mol. The molecule has 142 valence electrons. The zero-order valence-electron chi connectivity index (χ0n) is 15.0. The van der Waals surface area contributed by atoms with Gasteiger partial charge in [0.05, 0.1) is 6.04 Å². The van der Waals surface area contributed by atoms with Gasteiger partial charge in [0.2, 0.25) is 5.91 Å². The lowest BCUT2D eigenvalue weighted by Crippen LogP contribution is -2.48. The van der Waals surface area contributed by atoms with Crippen molar-refractivity contribution < 1.29 is 19.1 Å². The van der Waals surface area contributed by atoms with Crippen LogP contribution in [-0.4, -0.2) is 24.0 Å². The van der Waals surface area contributed by atoms with Crippen molar-refractivity contribution in [3.8, 4) is 0 Å². The van der Waals surface area contributed by atoms with Crippen LogP contribution in [0.1, 0.15) is 33.6 Å². The van der Waals surface area contributed by atoms with Crippen molar-refractivity contribution in [1.82, 2.24) is 17.6 Å². The van der Waals surface area contributed by atoms with Gasteiger partial charge < -0.3 is 43.4 Å². The van der Waals surface area contributed by atoms with Crippen molar-refractivity contribution in [3.63, 3.8) is 0 Å². The Hall–Kier alpha value is -1.45. The Labute approximate surface area is 142 Å². The first-order chi connectivity index (χ1) is 10.0. The summed E-state index contributed by atoms with van der Waals surface area (Å²) in [5, 5.41) is 2.68. The fourth-order valence-corrected chi connectivity index (χ4v) is 3.56. The van der Waals surface area contributed by atoms with Crippen LogP contribution in [0.5, 0.6) is 0 Å². The Kier molecular flexibility index (Phi) is 10.1. The van der Waals surface area contributed by atoms with E-state index in [0.717, 1.165) is 0 Å². The van der Waals surface area contributed by atoms with E-state index in [-0.39, 0.29) is 53.8 Å². The third-order valence-electron chi connectivity index (χ3n) is 3.75. The van der Waals surface area contributed by atoms with Crippen molar-refractivity contribution in [2.75, 3.05) is 0 Å². The molecule has 0 saturated heterocycles. The molecule has 1 aliphatic rings. The van der Waals surface area contributed by atoms with Crippen LogP contribution >= 0.6 is 7.60 Å². The lowest BCUT2D eigenvalue weighted by Gasteiger charge is -2.41. The lowest BCUT2D eigenvalue weighted by atomic mass is 9.79. The van der Waals surface area contributed by atoms with E-state index in [1.165, 1.54) is 13.0 Å². The normalized spacial score (nSPS) is 21.7. The number of nitrogens with one attached hydrogen (secondary N) is 1. The standard InChI is InChI=1S/C13H25N4O4P.2H3N/c1-7(2)12(16-8(3)18)10-5-4-9(22(19,20)21)6-11(10)17-13(14)15;;/h4,7,10-12H,5-6H2,1-3H3,(H,16,18)(H4,14,15,17)(H2,19,20,21);2*1H3/t10-,11-,12-;;/m0../s1. The van der Waals surface area contributed by atoms with Crippen LogP contribution < -0.4 is 38.9 Å². The molecule has 0 bridgehead atoms. The van der Waals surface area contributed by atoms with Gasteiger partial charge >= 0.3 is 0 Å². The Morgan fingerprint density at radius 1 is 1.38 bits per heavy atom. The fourth-order valence-electron chi connectivity index (χ4n) is 2.82. The third kappa shape index (κ3) is 6.98. The highest BCUT2D eigenvalue weighted by Crippen LogP contribution is 2.45. The van der Waals surface area contributed by atoms with E-state index in [2.05, 4.69) is 10.3 Å². The molecule has 0 radical (unpaired) electrons. The second-order valence-corrected chi connectivity index (χ2v) is 7.46. The molecule has 1 aliphatic carbocycles. The number of carbonyl (C=O) groups excluding carboxylic acids is 1. The molecular weight excluding hydrogens is 335 g/mol. The third-order valence-corrected chi connectivity index (χ3v) is 4.82. The Bertz CT molecular complexity index is 527. The quantitative estimate of drug-likeness (QED) is 0.250. The van der Waals surface area contributed by atoms with E-state index in [4.69, 9.17) is 11.5 Å². The predicted octanol–water partition coefficient (Wildman–Crippen LogP) is -0.251. The van der Waals surface area contributed by atoms with Gasteiger partial charge in [-0.25, -0.2) is 4.99 Å². The minimum atomic E-state index is -4.81. The lowest BCUT2D eigenvalue weighted by molar-refractivity contribution is -0.310. The van der Waals surface area contributed by atoms with Crippen molar-refractivity contribution >= 4 is 19.5 Å². The molecule has 0 spiro atoms. The maximum Gasteiger partial charge on any atom is 0.217 e. The number of quaternary nitrogens is 2. The van der Waals surface area contributed by atoms with Crippen LogP contribution in [0.4, 0.5) is 0 Å². The molecule has 24 heavy (non-hydrogen) atoms. The van der Waals surface area contributed by atoms with Crippen molar-refractivity contribution in [2.24, 2.45) is 28.3 Å². The van der Waals surface area contributed by atoms with E-state index in [1.807, 2.05) is 13.8 Å². The zero-order valence-corrected chi connectivity index (χ0v) is 15.9. The van der Waals surface area contributed by atoms with E-state index in [1.54, 1.807) is 0 Å². The summed E-state index contributed by atoms with van der Waals surface area (Å²) in [7, 11) is -4.81. The maximum absolute atomic E-state index is 11.4. The van der Waals surface area contributed by atoms with Crippen molar-refractivity contribution in [1.29, 1.82) is 0 Å². The van der Waals surface area contributed by atoms with Gasteiger partial charge in [-0.2, -0.15) is 0 Å². The molecule has 0 aromatic carbocycles. The summed E-state index contributed by atoms with van der Waals surface area (Å²) in [6.07, 6.45) is 1.69. The smallest absolute Gasteiger partial charge is 0.217 e. The molecule has 13 N–H and O–H groups in total. The van der Waals surface area contributed by atoms with E-state index in [0.29, 0.717) is 6.42 Å². The maximum atomic E-state index is 11.4. The summed E-state index contributed by atoms with van der Waals surface area (Å²) in [5.74, 6) is -0.434. The number of nitrogens with zero attached hydrogens (tertiary/aromatic N) is 1. The number of hydrogen-bond acceptors (Lipinski definition) is 5. The van der Waals surface area contributed by atoms with Gasteiger partial charge in [-0.3, -0.25) is 4.79 Å². The highest BCUT2D eigenvalue weighted by molar-refractivity contribution is 7.53. The van der Waals surface area contributed by atoms with Crippen molar-refractivity contribution in [3.05, 3.63) is 11.4 Å². The minimum Gasteiger partial charge on any atom is -0.808 e. The molecule has 10 nitrogen and oxygen atoms in total. The molecule has 11 heteroatoms. The number of carbonyl (C=O) groups is 1. The van der Waals surface area contributed by atoms with Gasteiger partial charge in [0.1, 0.15) is 0 Å². The molecule has 0 aromatic heterocycles. The summed E-state index contributed by atoms with van der Waals surface area (Å²) < 4.78 is 11.2. The van der Waals surface area contributed by atoms with Crippen molar-refractivity contribution in [2.45, 2.75) is 45.7 Å². The molecule has 0 aliphatic heterocycles. The first-order valence-corrected chi connectivity index (χ1v) is 8.64. The van der Waals surface area contributed by atoms with E-state index < -0.39 is 13.6 Å². The number of guanidine groups is 1. The van der Waals surface area contributed by atoms with Gasteiger partial charge in [0.25, 0.3) is 0 Å². The molecule has 0 heterocycles. The summed E-state index contributed by atoms with van der Waals surface area (Å²) in [6, 6.07) is -0.776. The van der Waals surface area contributed by atoms with E-state index in [9.17, 15) is 19.1 Å². The molecule has 0 fully saturated rings. The van der Waals surface area contributed by atoms with Gasteiger partial charge in [-0.1, -0.05) is 19.9 Å². The van der Waals surface area contributed by atoms with Crippen LogP contribution in [-0.2, 0) is 9.36 Å². The van der Waals surface area contributed by atoms with Gasteiger partial charge in [-0.15, -0.1) is 0 Å². The second kappa shape index (κ2) is 9.75. The number of allylic oxidation sites excluding steroid dienone is 1. The average Bonchev–Trinajstić information content (AvgIpc) is 2.33. The summed E-state index contributed by atoms with van der Waals surface area (Å²) >= 11 is 0. The van der Waals surface area contributed by atoms with Crippen LogP contribution in [0.25, 0.3) is 0 Å². The van der Waals surface area contributed by atoms with Crippen LogP contribution in [0.3, 0.4) is 0 Å². The summed E-state index contributed by atoms with van der Waals surface area (Å²) in [4.78, 5) is 37.9. The monoisotopic (exact) mass is 366 g/mol. The first kappa shape index (κ1) is 24.8. The largest absolute Gasteiger partial charge is 0.808 e. The van der Waals surface area contributed by atoms with Gasteiger partial charge in [-0.05, 0) is 31.7 Å². The van der Waals surface area contributed by atoms with Crippen LogP contribution in [0.2, 0.25) is 0 Å².